The van der Waals surface area contributed by atoms with Crippen LogP contribution in [0.3, 0.4) is 0 Å². The third kappa shape index (κ3) is 4.17. The third-order valence-corrected chi connectivity index (χ3v) is 2.68. The van der Waals surface area contributed by atoms with Crippen molar-refractivity contribution in [1.29, 1.82) is 0 Å². The van der Waals surface area contributed by atoms with E-state index in [4.69, 9.17) is 10.5 Å². The molecule has 0 aromatic heterocycles. The van der Waals surface area contributed by atoms with Gasteiger partial charge in [0.2, 0.25) is 5.91 Å². The van der Waals surface area contributed by atoms with E-state index < -0.39 is 0 Å². The summed E-state index contributed by atoms with van der Waals surface area (Å²) in [5.74, 6) is -0.323. The first-order chi connectivity index (χ1) is 8.16. The predicted octanol–water partition coefficient (Wildman–Crippen LogP) is 1.18. The smallest absolute Gasteiger partial charge is 0.239 e. The van der Waals surface area contributed by atoms with Crippen LogP contribution in [-0.2, 0) is 9.53 Å². The number of rotatable bonds is 7. The van der Waals surface area contributed by atoms with Crippen molar-refractivity contribution in [2.75, 3.05) is 27.3 Å². The molecule has 1 rings (SSSR count). The van der Waals surface area contributed by atoms with E-state index in [1.165, 1.54) is 0 Å². The zero-order chi connectivity index (χ0) is 12.7. The number of amides is 1. The van der Waals surface area contributed by atoms with Crippen molar-refractivity contribution in [2.24, 2.45) is 5.73 Å². The molecule has 2 N–H and O–H groups in total. The first-order valence-corrected chi connectivity index (χ1v) is 5.70. The van der Waals surface area contributed by atoms with Crippen LogP contribution in [0.25, 0.3) is 0 Å². The molecule has 0 fully saturated rings. The SMILES string of the molecule is COCCCN(C)[C@@H](C(N)=O)c1ccccc1. The molecule has 17 heavy (non-hydrogen) atoms. The average molecular weight is 236 g/mol. The maximum absolute atomic E-state index is 11.5. The van der Waals surface area contributed by atoms with Gasteiger partial charge in [0.05, 0.1) is 0 Å². The lowest BCUT2D eigenvalue weighted by molar-refractivity contribution is -0.123. The van der Waals surface area contributed by atoms with E-state index in [2.05, 4.69) is 0 Å². The molecule has 1 amide bonds. The molecule has 0 unspecified atom stereocenters. The minimum Gasteiger partial charge on any atom is -0.385 e. The van der Waals surface area contributed by atoms with Crippen molar-refractivity contribution >= 4 is 5.91 Å². The Balaban J connectivity index is 2.69. The predicted molar refractivity (Wildman–Crippen MR) is 67.5 cm³/mol. The van der Waals surface area contributed by atoms with E-state index in [0.717, 1.165) is 18.5 Å². The Kier molecular flexibility index (Phi) is 5.66. The molecule has 0 bridgehead atoms. The van der Waals surface area contributed by atoms with Gasteiger partial charge < -0.3 is 10.5 Å². The number of nitrogens with two attached hydrogens (primary N) is 1. The lowest BCUT2D eigenvalue weighted by Crippen LogP contribution is -2.36. The Morgan fingerprint density at radius 1 is 1.41 bits per heavy atom. The van der Waals surface area contributed by atoms with E-state index in [1.54, 1.807) is 7.11 Å². The number of likely N-dealkylation sites (N-methyl/N-ethyl adjacent to an activating group) is 1. The van der Waals surface area contributed by atoms with E-state index in [9.17, 15) is 4.79 Å². The fourth-order valence-electron chi connectivity index (χ4n) is 1.86. The molecule has 4 nitrogen and oxygen atoms in total. The lowest BCUT2D eigenvalue weighted by Gasteiger charge is -2.25. The standard InChI is InChI=1S/C13H20N2O2/c1-15(9-6-10-17-2)12(13(14)16)11-7-4-3-5-8-11/h3-5,7-8,12H,6,9-10H2,1-2H3,(H2,14,16)/t12-/m1/s1. The van der Waals surface area contributed by atoms with Crippen molar-refractivity contribution < 1.29 is 9.53 Å². The van der Waals surface area contributed by atoms with Crippen molar-refractivity contribution in [1.82, 2.24) is 4.90 Å². The molecule has 0 radical (unpaired) electrons. The fraction of sp³-hybridized carbons (Fsp3) is 0.462. The zero-order valence-electron chi connectivity index (χ0n) is 10.4. The van der Waals surface area contributed by atoms with Crippen molar-refractivity contribution in [3.63, 3.8) is 0 Å². The van der Waals surface area contributed by atoms with Gasteiger partial charge in [-0.05, 0) is 19.0 Å². The number of carbonyl (C=O) groups is 1. The molecule has 0 saturated heterocycles. The minimum atomic E-state index is -0.368. The molecule has 1 aromatic rings. The molecule has 0 aliphatic carbocycles. The first-order valence-electron chi connectivity index (χ1n) is 5.70. The number of hydrogen-bond acceptors (Lipinski definition) is 3. The molecule has 0 aliphatic heterocycles. The Labute approximate surface area is 102 Å². The molecule has 94 valence electrons. The highest BCUT2D eigenvalue weighted by molar-refractivity contribution is 5.81. The molecule has 0 spiro atoms. The normalized spacial score (nSPS) is 12.6. The maximum atomic E-state index is 11.5. The topological polar surface area (TPSA) is 55.6 Å². The second kappa shape index (κ2) is 7.04. The highest BCUT2D eigenvalue weighted by Crippen LogP contribution is 2.18. The van der Waals surface area contributed by atoms with E-state index in [1.807, 2.05) is 42.3 Å². The van der Waals surface area contributed by atoms with Crippen LogP contribution < -0.4 is 5.73 Å². The van der Waals surface area contributed by atoms with Crippen LogP contribution in [0, 0.1) is 0 Å². The van der Waals surface area contributed by atoms with Gasteiger partial charge in [-0.15, -0.1) is 0 Å². The number of benzene rings is 1. The number of methoxy groups -OCH3 is 1. The van der Waals surface area contributed by atoms with Crippen LogP contribution in [0.4, 0.5) is 0 Å². The quantitative estimate of drug-likeness (QED) is 0.723. The zero-order valence-corrected chi connectivity index (χ0v) is 10.4. The molecule has 1 atom stereocenters. The first kappa shape index (κ1) is 13.7. The fourth-order valence-corrected chi connectivity index (χ4v) is 1.86. The van der Waals surface area contributed by atoms with Crippen LogP contribution >= 0.6 is 0 Å². The summed E-state index contributed by atoms with van der Waals surface area (Å²) >= 11 is 0. The molecular weight excluding hydrogens is 216 g/mol. The molecule has 1 aromatic carbocycles. The van der Waals surface area contributed by atoms with E-state index >= 15 is 0 Å². The minimum absolute atomic E-state index is 0.323. The van der Waals surface area contributed by atoms with Crippen LogP contribution in [0.2, 0.25) is 0 Å². The molecule has 0 heterocycles. The molecule has 0 saturated carbocycles. The van der Waals surface area contributed by atoms with Crippen molar-refractivity contribution in [3.8, 4) is 0 Å². The average Bonchev–Trinajstić information content (AvgIpc) is 2.30. The van der Waals surface area contributed by atoms with Gasteiger partial charge in [0.1, 0.15) is 6.04 Å². The summed E-state index contributed by atoms with van der Waals surface area (Å²) in [5.41, 5.74) is 6.39. The number of nitrogens with zero attached hydrogens (tertiary/aromatic N) is 1. The largest absolute Gasteiger partial charge is 0.385 e. The van der Waals surface area contributed by atoms with Crippen LogP contribution in [-0.4, -0.2) is 38.1 Å². The van der Waals surface area contributed by atoms with Crippen molar-refractivity contribution in [2.45, 2.75) is 12.5 Å². The molecular formula is C13H20N2O2. The number of hydrogen-bond donors (Lipinski definition) is 1. The van der Waals surface area contributed by atoms with Gasteiger partial charge in [0.15, 0.2) is 0 Å². The maximum Gasteiger partial charge on any atom is 0.239 e. The van der Waals surface area contributed by atoms with Gasteiger partial charge in [-0.1, -0.05) is 30.3 Å². The number of primary amides is 1. The summed E-state index contributed by atoms with van der Waals surface area (Å²) in [6.45, 7) is 1.46. The highest BCUT2D eigenvalue weighted by atomic mass is 16.5. The molecule has 4 heteroatoms. The van der Waals surface area contributed by atoms with Gasteiger partial charge in [0, 0.05) is 20.3 Å². The number of ether oxygens (including phenoxy) is 1. The lowest BCUT2D eigenvalue weighted by atomic mass is 10.1. The van der Waals surface area contributed by atoms with Gasteiger partial charge in [-0.3, -0.25) is 9.69 Å². The summed E-state index contributed by atoms with van der Waals surface area (Å²) in [6.07, 6.45) is 0.879. The Morgan fingerprint density at radius 3 is 2.59 bits per heavy atom. The van der Waals surface area contributed by atoms with Crippen LogP contribution in [0.15, 0.2) is 30.3 Å². The summed E-state index contributed by atoms with van der Waals surface area (Å²) in [7, 11) is 3.57. The van der Waals surface area contributed by atoms with Gasteiger partial charge >= 0.3 is 0 Å². The highest BCUT2D eigenvalue weighted by Gasteiger charge is 2.21. The number of carbonyl (C=O) groups excluding carboxylic acids is 1. The van der Waals surface area contributed by atoms with Crippen molar-refractivity contribution in [3.05, 3.63) is 35.9 Å². The second-order valence-corrected chi connectivity index (χ2v) is 4.04. The monoisotopic (exact) mass is 236 g/mol. The Bertz CT molecular complexity index is 341. The third-order valence-electron chi connectivity index (χ3n) is 2.68. The van der Waals surface area contributed by atoms with E-state index in [-0.39, 0.29) is 11.9 Å². The summed E-state index contributed by atoms with van der Waals surface area (Å²) in [4.78, 5) is 13.5. The van der Waals surface area contributed by atoms with Gasteiger partial charge in [-0.2, -0.15) is 0 Å². The summed E-state index contributed by atoms with van der Waals surface area (Å²) in [5, 5.41) is 0. The van der Waals surface area contributed by atoms with Crippen LogP contribution in [0.1, 0.15) is 18.0 Å². The van der Waals surface area contributed by atoms with Gasteiger partial charge in [0.25, 0.3) is 0 Å². The molecule has 0 aliphatic rings. The van der Waals surface area contributed by atoms with E-state index in [0.29, 0.717) is 6.61 Å². The second-order valence-electron chi connectivity index (χ2n) is 4.04. The van der Waals surface area contributed by atoms with Gasteiger partial charge in [-0.25, -0.2) is 0 Å². The summed E-state index contributed by atoms with van der Waals surface area (Å²) < 4.78 is 5.00. The summed E-state index contributed by atoms with van der Waals surface area (Å²) in [6, 6.07) is 9.22. The Morgan fingerprint density at radius 2 is 2.06 bits per heavy atom. The Hall–Kier alpha value is -1.39. The van der Waals surface area contributed by atoms with Crippen LogP contribution in [0.5, 0.6) is 0 Å².